The SMILES string of the molecule is CCNC(=NCC(c1cccc(OC)c1)N1CCCC1)NCC1CCS(=O)(=O)C1.I. The third-order valence-electron chi connectivity index (χ3n) is 5.71. The van der Waals surface area contributed by atoms with Crippen molar-refractivity contribution in [2.24, 2.45) is 10.9 Å². The first-order valence-electron chi connectivity index (χ1n) is 10.6. The minimum Gasteiger partial charge on any atom is -0.497 e. The molecule has 0 saturated carbocycles. The van der Waals surface area contributed by atoms with Crippen LogP contribution >= 0.6 is 24.0 Å². The summed E-state index contributed by atoms with van der Waals surface area (Å²) in [6, 6.07) is 8.45. The standard InChI is InChI=1S/C21H34N4O3S.HI/c1-3-22-21(23-14-17-9-12-29(26,27)16-17)24-15-20(25-10-4-5-11-25)18-7-6-8-19(13-18)28-2;/h6-8,13,17,20H,3-5,9-12,14-16H2,1-2H3,(H2,22,23,24);1H. The van der Waals surface area contributed by atoms with Crippen molar-refractivity contribution in [1.82, 2.24) is 15.5 Å². The lowest BCUT2D eigenvalue weighted by Gasteiger charge is -2.27. The molecule has 2 aliphatic rings. The van der Waals surface area contributed by atoms with E-state index in [1.807, 2.05) is 19.1 Å². The first-order chi connectivity index (χ1) is 14.0. The van der Waals surface area contributed by atoms with Gasteiger partial charge in [-0.3, -0.25) is 9.89 Å². The lowest BCUT2D eigenvalue weighted by Crippen LogP contribution is -2.40. The minimum atomic E-state index is -2.85. The van der Waals surface area contributed by atoms with Crippen LogP contribution in [-0.4, -0.2) is 70.6 Å². The molecule has 2 atom stereocenters. The van der Waals surface area contributed by atoms with Gasteiger partial charge in [0.1, 0.15) is 5.75 Å². The average molecular weight is 551 g/mol. The van der Waals surface area contributed by atoms with Crippen molar-refractivity contribution in [2.45, 2.75) is 32.2 Å². The van der Waals surface area contributed by atoms with Gasteiger partial charge >= 0.3 is 0 Å². The predicted octanol–water partition coefficient (Wildman–Crippen LogP) is 2.44. The Morgan fingerprint density at radius 2 is 2.07 bits per heavy atom. The third kappa shape index (κ3) is 7.26. The Kier molecular flexibility index (Phi) is 10.2. The van der Waals surface area contributed by atoms with Crippen LogP contribution in [-0.2, 0) is 9.84 Å². The molecule has 2 fully saturated rings. The van der Waals surface area contributed by atoms with Crippen molar-refractivity contribution < 1.29 is 13.2 Å². The summed E-state index contributed by atoms with van der Waals surface area (Å²) in [7, 11) is -1.16. The number of ether oxygens (including phenoxy) is 1. The largest absolute Gasteiger partial charge is 0.497 e. The number of likely N-dealkylation sites (tertiary alicyclic amines) is 1. The number of hydrogen-bond acceptors (Lipinski definition) is 5. The molecule has 0 spiro atoms. The van der Waals surface area contributed by atoms with Crippen molar-refractivity contribution >= 4 is 39.8 Å². The summed E-state index contributed by atoms with van der Waals surface area (Å²) < 4.78 is 28.8. The van der Waals surface area contributed by atoms with Gasteiger partial charge < -0.3 is 15.4 Å². The van der Waals surface area contributed by atoms with Gasteiger partial charge in [-0.1, -0.05) is 12.1 Å². The van der Waals surface area contributed by atoms with E-state index in [0.717, 1.165) is 37.8 Å². The van der Waals surface area contributed by atoms with Crippen LogP contribution in [0.25, 0.3) is 0 Å². The number of guanidine groups is 1. The van der Waals surface area contributed by atoms with Crippen molar-refractivity contribution in [3.05, 3.63) is 29.8 Å². The Morgan fingerprint density at radius 3 is 2.70 bits per heavy atom. The van der Waals surface area contributed by atoms with E-state index in [1.54, 1.807) is 7.11 Å². The van der Waals surface area contributed by atoms with E-state index >= 15 is 0 Å². The minimum absolute atomic E-state index is 0. The first-order valence-corrected chi connectivity index (χ1v) is 12.4. The highest BCUT2D eigenvalue weighted by Gasteiger charge is 2.28. The Morgan fingerprint density at radius 1 is 1.30 bits per heavy atom. The molecule has 7 nitrogen and oxygen atoms in total. The highest BCUT2D eigenvalue weighted by Crippen LogP contribution is 2.28. The van der Waals surface area contributed by atoms with Crippen molar-refractivity contribution in [2.75, 3.05) is 51.3 Å². The zero-order chi connectivity index (χ0) is 20.7. The first kappa shape index (κ1) is 25.2. The van der Waals surface area contributed by atoms with Crippen LogP contribution in [0.2, 0.25) is 0 Å². The van der Waals surface area contributed by atoms with Gasteiger partial charge in [0.2, 0.25) is 0 Å². The lowest BCUT2D eigenvalue weighted by atomic mass is 10.1. The third-order valence-corrected chi connectivity index (χ3v) is 7.55. The van der Waals surface area contributed by atoms with Crippen molar-refractivity contribution in [1.29, 1.82) is 0 Å². The maximum absolute atomic E-state index is 11.7. The predicted molar refractivity (Wildman–Crippen MR) is 133 cm³/mol. The molecule has 30 heavy (non-hydrogen) atoms. The molecule has 0 aliphatic carbocycles. The molecule has 3 rings (SSSR count). The fourth-order valence-corrected chi connectivity index (χ4v) is 5.99. The van der Waals surface area contributed by atoms with E-state index in [4.69, 9.17) is 9.73 Å². The highest BCUT2D eigenvalue weighted by molar-refractivity contribution is 14.0. The molecule has 1 aromatic rings. The van der Waals surface area contributed by atoms with Crippen LogP contribution in [0.3, 0.4) is 0 Å². The second kappa shape index (κ2) is 12.1. The topological polar surface area (TPSA) is 83.0 Å². The molecule has 170 valence electrons. The summed E-state index contributed by atoms with van der Waals surface area (Å²) in [4.78, 5) is 7.34. The maximum Gasteiger partial charge on any atom is 0.191 e. The molecule has 1 aromatic carbocycles. The number of hydrogen-bond donors (Lipinski definition) is 2. The number of rotatable bonds is 8. The van der Waals surface area contributed by atoms with E-state index in [-0.39, 0.29) is 41.7 Å². The van der Waals surface area contributed by atoms with E-state index < -0.39 is 9.84 Å². The second-order valence-electron chi connectivity index (χ2n) is 7.91. The molecule has 2 saturated heterocycles. The number of nitrogens with one attached hydrogen (secondary N) is 2. The molecule has 0 radical (unpaired) electrons. The fourth-order valence-electron chi connectivity index (χ4n) is 4.13. The summed E-state index contributed by atoms with van der Waals surface area (Å²) in [6.07, 6.45) is 3.17. The Balaban J connectivity index is 0.00000320. The zero-order valence-corrected chi connectivity index (χ0v) is 21.1. The number of halogens is 1. The van der Waals surface area contributed by atoms with Crippen molar-refractivity contribution in [3.8, 4) is 5.75 Å². The smallest absolute Gasteiger partial charge is 0.191 e. The number of nitrogens with zero attached hydrogens (tertiary/aromatic N) is 2. The maximum atomic E-state index is 11.7. The Bertz CT molecular complexity index is 797. The molecule has 9 heteroatoms. The zero-order valence-electron chi connectivity index (χ0n) is 18.0. The summed E-state index contributed by atoms with van der Waals surface area (Å²) in [5, 5.41) is 6.65. The van der Waals surface area contributed by atoms with E-state index in [2.05, 4.69) is 27.7 Å². The van der Waals surface area contributed by atoms with Gasteiger partial charge in [-0.2, -0.15) is 0 Å². The van der Waals surface area contributed by atoms with E-state index in [0.29, 0.717) is 18.8 Å². The average Bonchev–Trinajstić information content (AvgIpc) is 3.36. The summed E-state index contributed by atoms with van der Waals surface area (Å²) >= 11 is 0. The van der Waals surface area contributed by atoms with E-state index in [9.17, 15) is 8.42 Å². The molecular formula is C21H35IN4O3S. The highest BCUT2D eigenvalue weighted by atomic mass is 127. The van der Waals surface area contributed by atoms with Crippen LogP contribution in [0.1, 0.15) is 37.8 Å². The van der Waals surface area contributed by atoms with Gasteiger partial charge in [0.25, 0.3) is 0 Å². The van der Waals surface area contributed by atoms with Crippen LogP contribution in [0.15, 0.2) is 29.3 Å². The summed E-state index contributed by atoms with van der Waals surface area (Å²) in [5.74, 6) is 2.36. The number of methoxy groups -OCH3 is 1. The van der Waals surface area contributed by atoms with Gasteiger partial charge in [0.05, 0.1) is 31.2 Å². The van der Waals surface area contributed by atoms with Crippen LogP contribution in [0, 0.1) is 5.92 Å². The monoisotopic (exact) mass is 550 g/mol. The summed E-state index contributed by atoms with van der Waals surface area (Å²) in [6.45, 7) is 6.26. The van der Waals surface area contributed by atoms with E-state index in [1.165, 1.54) is 18.4 Å². The number of sulfone groups is 1. The van der Waals surface area contributed by atoms with Crippen LogP contribution in [0.4, 0.5) is 0 Å². The lowest BCUT2D eigenvalue weighted by molar-refractivity contribution is 0.251. The molecule has 2 unspecified atom stereocenters. The van der Waals surface area contributed by atoms with Crippen LogP contribution in [0.5, 0.6) is 5.75 Å². The molecule has 0 aromatic heterocycles. The molecule has 2 heterocycles. The van der Waals surface area contributed by atoms with Gasteiger partial charge in [-0.25, -0.2) is 8.42 Å². The Labute approximate surface area is 198 Å². The molecule has 2 aliphatic heterocycles. The molecule has 2 N–H and O–H groups in total. The quantitative estimate of drug-likeness (QED) is 0.294. The molecular weight excluding hydrogens is 515 g/mol. The molecule has 0 bridgehead atoms. The number of aliphatic imine (C=N–C) groups is 1. The second-order valence-corrected chi connectivity index (χ2v) is 10.1. The fraction of sp³-hybridized carbons (Fsp3) is 0.667. The van der Waals surface area contributed by atoms with Crippen molar-refractivity contribution in [3.63, 3.8) is 0 Å². The van der Waals surface area contributed by atoms with Gasteiger partial charge in [0.15, 0.2) is 15.8 Å². The normalized spacial score (nSPS) is 22.3. The molecule has 0 amide bonds. The van der Waals surface area contributed by atoms with Gasteiger partial charge in [-0.15, -0.1) is 24.0 Å². The number of benzene rings is 1. The van der Waals surface area contributed by atoms with Gasteiger partial charge in [0, 0.05) is 13.1 Å². The summed E-state index contributed by atoms with van der Waals surface area (Å²) in [5.41, 5.74) is 1.22. The van der Waals surface area contributed by atoms with Gasteiger partial charge in [-0.05, 0) is 62.9 Å². The van der Waals surface area contributed by atoms with Crippen LogP contribution < -0.4 is 15.4 Å². The Hall–Kier alpha value is -1.07.